The first-order chi connectivity index (χ1) is 13.0. The second-order valence-corrected chi connectivity index (χ2v) is 6.40. The van der Waals surface area contributed by atoms with Crippen molar-refractivity contribution in [2.75, 3.05) is 0 Å². The SMILES string of the molecule is O=[N+]([O-])c1cc(/C=N/c2c(-c3ccco3)nc3cc(Cl)ccn23)ccc1Cl. The fraction of sp³-hybridized carbons (Fsp3) is 0. The van der Waals surface area contributed by atoms with Gasteiger partial charge in [-0.05, 0) is 29.8 Å². The average Bonchev–Trinajstić information content (AvgIpc) is 3.28. The number of hydrogen-bond donors (Lipinski definition) is 0. The van der Waals surface area contributed by atoms with Gasteiger partial charge >= 0.3 is 0 Å². The van der Waals surface area contributed by atoms with Crippen LogP contribution >= 0.6 is 23.2 Å². The quantitative estimate of drug-likeness (QED) is 0.255. The fourth-order valence-electron chi connectivity index (χ4n) is 2.59. The van der Waals surface area contributed by atoms with Crippen LogP contribution in [0.2, 0.25) is 10.0 Å². The van der Waals surface area contributed by atoms with Crippen LogP contribution < -0.4 is 0 Å². The number of aliphatic imine (C=N–C) groups is 1. The van der Waals surface area contributed by atoms with E-state index < -0.39 is 4.92 Å². The van der Waals surface area contributed by atoms with Gasteiger partial charge in [0.15, 0.2) is 17.3 Å². The Labute approximate surface area is 162 Å². The second kappa shape index (κ2) is 6.86. The Bertz CT molecular complexity index is 1180. The summed E-state index contributed by atoms with van der Waals surface area (Å²) in [4.78, 5) is 19.5. The van der Waals surface area contributed by atoms with Gasteiger partial charge in [-0.25, -0.2) is 9.98 Å². The number of nitro benzene ring substituents is 1. The predicted octanol–water partition coefficient (Wildman–Crippen LogP) is 5.56. The molecule has 0 aliphatic carbocycles. The van der Waals surface area contributed by atoms with Gasteiger partial charge in [-0.2, -0.15) is 0 Å². The van der Waals surface area contributed by atoms with Gasteiger partial charge in [0.25, 0.3) is 5.69 Å². The minimum atomic E-state index is -0.538. The maximum absolute atomic E-state index is 11.1. The van der Waals surface area contributed by atoms with Gasteiger partial charge in [0.1, 0.15) is 10.7 Å². The van der Waals surface area contributed by atoms with Crippen molar-refractivity contribution in [3.63, 3.8) is 0 Å². The third-order valence-corrected chi connectivity index (χ3v) is 4.38. The van der Waals surface area contributed by atoms with Crippen molar-refractivity contribution in [3.8, 4) is 11.5 Å². The Morgan fingerprint density at radius 1 is 1.22 bits per heavy atom. The first-order valence-electron chi connectivity index (χ1n) is 7.72. The van der Waals surface area contributed by atoms with Gasteiger partial charge in [-0.3, -0.25) is 14.5 Å². The second-order valence-electron chi connectivity index (χ2n) is 5.56. The number of benzene rings is 1. The maximum atomic E-state index is 11.1. The number of imidazole rings is 1. The third-order valence-electron chi connectivity index (χ3n) is 3.82. The highest BCUT2D eigenvalue weighted by Gasteiger charge is 2.16. The van der Waals surface area contributed by atoms with E-state index in [1.165, 1.54) is 18.3 Å². The lowest BCUT2D eigenvalue weighted by atomic mass is 10.2. The third kappa shape index (κ3) is 3.30. The summed E-state index contributed by atoms with van der Waals surface area (Å²) in [6.07, 6.45) is 4.80. The molecule has 1 aromatic carbocycles. The normalized spacial score (nSPS) is 11.5. The molecule has 0 unspecified atom stereocenters. The van der Waals surface area contributed by atoms with Crippen molar-refractivity contribution in [2.45, 2.75) is 0 Å². The van der Waals surface area contributed by atoms with Crippen LogP contribution in [0.5, 0.6) is 0 Å². The molecule has 0 spiro atoms. The molecule has 0 saturated carbocycles. The lowest BCUT2D eigenvalue weighted by molar-refractivity contribution is -0.384. The van der Waals surface area contributed by atoms with Crippen LogP contribution in [-0.4, -0.2) is 20.5 Å². The molecule has 0 saturated heterocycles. The predicted molar refractivity (Wildman–Crippen MR) is 103 cm³/mol. The minimum Gasteiger partial charge on any atom is -0.463 e. The topological polar surface area (TPSA) is 85.9 Å². The smallest absolute Gasteiger partial charge is 0.288 e. The van der Waals surface area contributed by atoms with Crippen molar-refractivity contribution in [1.82, 2.24) is 9.38 Å². The lowest BCUT2D eigenvalue weighted by Crippen LogP contribution is -1.91. The highest BCUT2D eigenvalue weighted by atomic mass is 35.5. The van der Waals surface area contributed by atoms with E-state index in [2.05, 4.69) is 9.98 Å². The standard InChI is InChI=1S/C18H10Cl2N4O3/c19-12-5-6-23-16(9-12)22-17(15-2-1-7-27-15)18(23)21-10-11-3-4-13(20)14(8-11)24(25)26/h1-10H/b21-10+. The van der Waals surface area contributed by atoms with Crippen LogP contribution in [0.25, 0.3) is 17.1 Å². The van der Waals surface area contributed by atoms with Crippen molar-refractivity contribution >= 4 is 46.6 Å². The summed E-state index contributed by atoms with van der Waals surface area (Å²) in [5, 5.41) is 11.7. The molecule has 0 aliphatic rings. The van der Waals surface area contributed by atoms with Crippen molar-refractivity contribution in [1.29, 1.82) is 0 Å². The van der Waals surface area contributed by atoms with E-state index >= 15 is 0 Å². The number of nitrogens with zero attached hydrogens (tertiary/aromatic N) is 4. The molecule has 4 aromatic rings. The molecule has 134 valence electrons. The first kappa shape index (κ1) is 17.3. The minimum absolute atomic E-state index is 0.0675. The number of aromatic nitrogens is 2. The number of halogens is 2. The summed E-state index contributed by atoms with van der Waals surface area (Å²) in [6, 6.07) is 11.4. The monoisotopic (exact) mass is 400 g/mol. The number of rotatable bonds is 4. The van der Waals surface area contributed by atoms with E-state index in [0.29, 0.717) is 33.5 Å². The summed E-state index contributed by atoms with van der Waals surface area (Å²) in [7, 11) is 0. The van der Waals surface area contributed by atoms with Gasteiger partial charge in [-0.15, -0.1) is 0 Å². The summed E-state index contributed by atoms with van der Waals surface area (Å²) < 4.78 is 7.20. The van der Waals surface area contributed by atoms with Gasteiger partial charge < -0.3 is 4.42 Å². The van der Waals surface area contributed by atoms with Crippen LogP contribution in [0.4, 0.5) is 11.5 Å². The molecule has 0 fully saturated rings. The molecule has 0 aliphatic heterocycles. The van der Waals surface area contributed by atoms with E-state index in [9.17, 15) is 10.1 Å². The van der Waals surface area contributed by atoms with Crippen LogP contribution in [0.3, 0.4) is 0 Å². The molecule has 0 bridgehead atoms. The molecule has 0 radical (unpaired) electrons. The molecular formula is C18H10Cl2N4O3. The molecule has 3 aromatic heterocycles. The number of nitro groups is 1. The summed E-state index contributed by atoms with van der Waals surface area (Å²) >= 11 is 11.9. The zero-order valence-electron chi connectivity index (χ0n) is 13.5. The Kier molecular flexibility index (Phi) is 4.39. The maximum Gasteiger partial charge on any atom is 0.288 e. The molecule has 4 rings (SSSR count). The first-order valence-corrected chi connectivity index (χ1v) is 8.48. The van der Waals surface area contributed by atoms with Crippen LogP contribution in [0, 0.1) is 10.1 Å². The Hall–Kier alpha value is -3.16. The van der Waals surface area contributed by atoms with Crippen molar-refractivity contribution < 1.29 is 9.34 Å². The van der Waals surface area contributed by atoms with Crippen LogP contribution in [0.15, 0.2) is 64.3 Å². The van der Waals surface area contributed by atoms with Crippen molar-refractivity contribution in [2.24, 2.45) is 4.99 Å². The largest absolute Gasteiger partial charge is 0.463 e. The zero-order chi connectivity index (χ0) is 19.0. The number of pyridine rings is 1. The Morgan fingerprint density at radius 2 is 2.07 bits per heavy atom. The number of hydrogen-bond acceptors (Lipinski definition) is 5. The molecule has 0 N–H and O–H groups in total. The average molecular weight is 401 g/mol. The highest BCUT2D eigenvalue weighted by Crippen LogP contribution is 2.32. The summed E-state index contributed by atoms with van der Waals surface area (Å²) in [6.45, 7) is 0. The van der Waals surface area contributed by atoms with E-state index in [4.69, 9.17) is 27.6 Å². The molecule has 7 nitrogen and oxygen atoms in total. The van der Waals surface area contributed by atoms with E-state index in [0.717, 1.165) is 0 Å². The highest BCUT2D eigenvalue weighted by molar-refractivity contribution is 6.32. The fourth-order valence-corrected chi connectivity index (χ4v) is 2.93. The summed E-state index contributed by atoms with van der Waals surface area (Å²) in [5.41, 5.74) is 1.47. The Morgan fingerprint density at radius 3 is 2.81 bits per heavy atom. The Balaban J connectivity index is 1.84. The van der Waals surface area contributed by atoms with Gasteiger partial charge in [0, 0.05) is 29.6 Å². The summed E-state index contributed by atoms with van der Waals surface area (Å²) in [5.74, 6) is 1.05. The number of furan rings is 1. The van der Waals surface area contributed by atoms with E-state index in [1.807, 2.05) is 0 Å². The molecule has 0 atom stereocenters. The van der Waals surface area contributed by atoms with E-state index in [1.54, 1.807) is 47.2 Å². The lowest BCUT2D eigenvalue weighted by Gasteiger charge is -2.00. The van der Waals surface area contributed by atoms with Crippen LogP contribution in [-0.2, 0) is 0 Å². The van der Waals surface area contributed by atoms with Gasteiger partial charge in [0.05, 0.1) is 11.2 Å². The van der Waals surface area contributed by atoms with Crippen LogP contribution in [0.1, 0.15) is 5.56 Å². The molecule has 9 heteroatoms. The van der Waals surface area contributed by atoms with Gasteiger partial charge in [0.2, 0.25) is 0 Å². The van der Waals surface area contributed by atoms with Gasteiger partial charge in [-0.1, -0.05) is 29.3 Å². The van der Waals surface area contributed by atoms with Crippen molar-refractivity contribution in [3.05, 3.63) is 80.6 Å². The molecule has 27 heavy (non-hydrogen) atoms. The van der Waals surface area contributed by atoms with E-state index in [-0.39, 0.29) is 10.7 Å². The number of fused-ring (bicyclic) bond motifs is 1. The zero-order valence-corrected chi connectivity index (χ0v) is 15.1. The molecule has 3 heterocycles. The molecule has 0 amide bonds. The molecular weight excluding hydrogens is 391 g/mol.